The van der Waals surface area contributed by atoms with Crippen molar-refractivity contribution in [2.24, 2.45) is 0 Å². The molecule has 2 fully saturated rings. The number of halogens is 1. The summed E-state index contributed by atoms with van der Waals surface area (Å²) in [7, 11) is 0. The lowest BCUT2D eigenvalue weighted by molar-refractivity contribution is 0.103. The molecule has 2 heterocycles. The van der Waals surface area contributed by atoms with Crippen LogP contribution >= 0.6 is 0 Å². The van der Waals surface area contributed by atoms with Crippen LogP contribution in [0.4, 0.5) is 19.7 Å². The fourth-order valence-electron chi connectivity index (χ4n) is 6.33. The molecule has 2 unspecified atom stereocenters. The van der Waals surface area contributed by atoms with E-state index in [0.717, 1.165) is 63.6 Å². The molecule has 4 rings (SSSR count). The molecule has 3 amide bonds. The first-order valence-electron chi connectivity index (χ1n) is 13.6. The monoisotopic (exact) mass is 529 g/mol. The molecular weight excluding hydrogens is 489 g/mol. The number of fused-ring (bicyclic) bond motifs is 2. The maximum atomic E-state index is 14.4. The molecule has 4 N–H and O–H groups in total. The molecule has 2 atom stereocenters. The van der Waals surface area contributed by atoms with Gasteiger partial charge in [0.1, 0.15) is 17.3 Å². The molecule has 0 bridgehead atoms. The highest BCUT2D eigenvalue weighted by Crippen LogP contribution is 2.48. The number of rotatable bonds is 5. The summed E-state index contributed by atoms with van der Waals surface area (Å²) >= 11 is 0. The Balaban J connectivity index is 1.48. The zero-order valence-corrected chi connectivity index (χ0v) is 22.6. The Kier molecular flexibility index (Phi) is 8.60. The summed E-state index contributed by atoms with van der Waals surface area (Å²) in [5.74, 6) is -0.460. The number of aliphatic hydroxyl groups excluding tert-OH is 1. The van der Waals surface area contributed by atoms with Crippen molar-refractivity contribution in [2.75, 3.05) is 31.1 Å². The minimum absolute atomic E-state index is 0.0547. The Bertz CT molecular complexity index is 1090. The number of urea groups is 1. The van der Waals surface area contributed by atoms with E-state index < -0.39 is 6.03 Å². The molecule has 1 saturated carbocycles. The standard InChI is InChI=1S/C28H40FN5O4/c1-4-38-27(37)31-21-7-5-6-8-22(16-21)33-13-11-28(12-14-33)17-34(24-10-9-20(29)15-23(24)28)26(36)32-25(18(2)30)19(3)35/h9-10,15,21-22,30,35H,4-8,11-14,16-17H2,1-3H3,(H,31,37)(H,32,36)/b25-19+,30-18?. The zero-order valence-electron chi connectivity index (χ0n) is 22.6. The summed E-state index contributed by atoms with van der Waals surface area (Å²) in [5, 5.41) is 23.5. The van der Waals surface area contributed by atoms with E-state index in [-0.39, 0.29) is 40.5 Å². The van der Waals surface area contributed by atoms with Gasteiger partial charge in [0.2, 0.25) is 0 Å². The Morgan fingerprint density at radius 3 is 2.58 bits per heavy atom. The maximum absolute atomic E-state index is 14.4. The number of hydrogen-bond acceptors (Lipinski definition) is 6. The fourth-order valence-corrected chi connectivity index (χ4v) is 6.33. The Hall–Kier alpha value is -3.14. The lowest BCUT2D eigenvalue weighted by atomic mass is 9.74. The number of carbonyl (C=O) groups is 2. The van der Waals surface area contributed by atoms with E-state index in [1.165, 1.54) is 19.9 Å². The van der Waals surface area contributed by atoms with Crippen molar-refractivity contribution in [3.63, 3.8) is 0 Å². The molecule has 2 aliphatic heterocycles. The van der Waals surface area contributed by atoms with Crippen LogP contribution in [0.5, 0.6) is 0 Å². The van der Waals surface area contributed by atoms with E-state index in [1.807, 2.05) is 0 Å². The Labute approximate surface area is 223 Å². The number of nitrogens with one attached hydrogen (secondary N) is 3. The molecular formula is C28H40FN5O4. The predicted molar refractivity (Wildman–Crippen MR) is 144 cm³/mol. The Morgan fingerprint density at radius 2 is 1.92 bits per heavy atom. The van der Waals surface area contributed by atoms with Crippen molar-refractivity contribution in [1.29, 1.82) is 5.41 Å². The predicted octanol–water partition coefficient (Wildman–Crippen LogP) is 4.97. The smallest absolute Gasteiger partial charge is 0.407 e. The number of amides is 3. The van der Waals surface area contributed by atoms with Gasteiger partial charge in [-0.3, -0.25) is 4.90 Å². The maximum Gasteiger partial charge on any atom is 0.407 e. The van der Waals surface area contributed by atoms with E-state index in [4.69, 9.17) is 10.1 Å². The van der Waals surface area contributed by atoms with Gasteiger partial charge in [-0.2, -0.15) is 0 Å². The summed E-state index contributed by atoms with van der Waals surface area (Å²) in [6.07, 6.45) is 6.30. The number of alkyl carbamates (subject to hydrolysis) is 1. The highest BCUT2D eigenvalue weighted by Gasteiger charge is 2.47. The zero-order chi connectivity index (χ0) is 27.4. The van der Waals surface area contributed by atoms with Crippen LogP contribution in [-0.2, 0) is 10.2 Å². The first kappa shape index (κ1) is 27.9. The molecule has 0 radical (unpaired) electrons. The summed E-state index contributed by atoms with van der Waals surface area (Å²) in [6, 6.07) is 4.57. The largest absolute Gasteiger partial charge is 0.510 e. The molecule has 10 heteroatoms. The second-order valence-corrected chi connectivity index (χ2v) is 10.8. The highest BCUT2D eigenvalue weighted by atomic mass is 19.1. The number of likely N-dealkylation sites (tertiary alicyclic amines) is 1. The number of piperidine rings is 1. The quantitative estimate of drug-likeness (QED) is 0.244. The SMILES string of the molecule is CCOC(=O)NC1CCCCC(N2CCC3(CC2)CN(C(=O)N/C(C(C)=N)=C(\C)O)c2ccc(F)cc23)C1. The van der Waals surface area contributed by atoms with Gasteiger partial charge in [0.05, 0.1) is 12.3 Å². The first-order chi connectivity index (χ1) is 18.1. The molecule has 9 nitrogen and oxygen atoms in total. The van der Waals surface area contributed by atoms with Crippen LogP contribution in [0, 0.1) is 11.2 Å². The van der Waals surface area contributed by atoms with Crippen LogP contribution < -0.4 is 15.5 Å². The summed E-state index contributed by atoms with van der Waals surface area (Å²) < 4.78 is 19.5. The van der Waals surface area contributed by atoms with Crippen LogP contribution in [0.15, 0.2) is 29.7 Å². The van der Waals surface area contributed by atoms with Crippen molar-refractivity contribution in [2.45, 2.75) is 83.2 Å². The number of benzene rings is 1. The number of hydrogen-bond donors (Lipinski definition) is 4. The lowest BCUT2D eigenvalue weighted by Crippen LogP contribution is -2.51. The average Bonchev–Trinajstić information content (AvgIpc) is 3.00. The van der Waals surface area contributed by atoms with Gasteiger partial charge in [0.25, 0.3) is 0 Å². The summed E-state index contributed by atoms with van der Waals surface area (Å²) in [4.78, 5) is 29.4. The topological polar surface area (TPSA) is 118 Å². The first-order valence-corrected chi connectivity index (χ1v) is 13.6. The van der Waals surface area contributed by atoms with Crippen molar-refractivity contribution < 1.29 is 23.8 Å². The second-order valence-electron chi connectivity index (χ2n) is 10.8. The lowest BCUT2D eigenvalue weighted by Gasteiger charge is -2.43. The molecule has 208 valence electrons. The fraction of sp³-hybridized carbons (Fsp3) is 0.607. The third-order valence-corrected chi connectivity index (χ3v) is 8.26. The van der Waals surface area contributed by atoms with Crippen molar-refractivity contribution in [3.8, 4) is 0 Å². The van der Waals surface area contributed by atoms with Crippen LogP contribution in [0.1, 0.15) is 71.3 Å². The number of nitrogens with zero attached hydrogens (tertiary/aromatic N) is 2. The number of ether oxygens (including phenoxy) is 1. The van der Waals surface area contributed by atoms with E-state index >= 15 is 0 Å². The number of anilines is 1. The molecule has 1 aliphatic carbocycles. The van der Waals surface area contributed by atoms with Gasteiger partial charge in [-0.15, -0.1) is 0 Å². The summed E-state index contributed by atoms with van der Waals surface area (Å²) in [6.45, 7) is 7.14. The molecule has 1 saturated heterocycles. The number of aliphatic hydroxyl groups is 1. The van der Waals surface area contributed by atoms with Crippen molar-refractivity contribution >= 4 is 23.5 Å². The number of carbonyl (C=O) groups excluding carboxylic acids is 2. The van der Waals surface area contributed by atoms with Gasteiger partial charge >= 0.3 is 12.1 Å². The average molecular weight is 530 g/mol. The van der Waals surface area contributed by atoms with Crippen molar-refractivity contribution in [1.82, 2.24) is 15.5 Å². The third-order valence-electron chi connectivity index (χ3n) is 8.26. The molecule has 1 spiro atoms. The number of allylic oxidation sites excluding steroid dienone is 2. The van der Waals surface area contributed by atoms with E-state index in [0.29, 0.717) is 24.9 Å². The molecule has 0 aromatic heterocycles. The van der Waals surface area contributed by atoms with Crippen LogP contribution in [0.3, 0.4) is 0 Å². The van der Waals surface area contributed by atoms with E-state index in [1.54, 1.807) is 24.0 Å². The van der Waals surface area contributed by atoms with Gasteiger partial charge in [-0.05, 0) is 89.7 Å². The highest BCUT2D eigenvalue weighted by molar-refractivity contribution is 6.03. The van der Waals surface area contributed by atoms with Gasteiger partial charge in [0.15, 0.2) is 0 Å². The van der Waals surface area contributed by atoms with Crippen LogP contribution in [-0.4, -0.2) is 66.2 Å². The normalized spacial score (nSPS) is 23.7. The van der Waals surface area contributed by atoms with E-state index in [2.05, 4.69) is 15.5 Å². The van der Waals surface area contributed by atoms with Crippen LogP contribution in [0.25, 0.3) is 0 Å². The van der Waals surface area contributed by atoms with Crippen LogP contribution in [0.2, 0.25) is 0 Å². The van der Waals surface area contributed by atoms with Gasteiger partial charge in [-0.1, -0.05) is 12.8 Å². The van der Waals surface area contributed by atoms with Gasteiger partial charge in [0, 0.05) is 29.7 Å². The Morgan fingerprint density at radius 1 is 1.21 bits per heavy atom. The second kappa shape index (κ2) is 11.7. The molecule has 38 heavy (non-hydrogen) atoms. The third kappa shape index (κ3) is 5.95. The minimum atomic E-state index is -0.441. The molecule has 1 aromatic rings. The molecule has 3 aliphatic rings. The van der Waals surface area contributed by atoms with Gasteiger partial charge in [-0.25, -0.2) is 14.0 Å². The van der Waals surface area contributed by atoms with E-state index in [9.17, 15) is 19.1 Å². The summed E-state index contributed by atoms with van der Waals surface area (Å²) in [5.41, 5.74) is 1.28. The van der Waals surface area contributed by atoms with Crippen molar-refractivity contribution in [3.05, 3.63) is 41.0 Å². The van der Waals surface area contributed by atoms with Gasteiger partial charge < -0.3 is 30.8 Å². The minimum Gasteiger partial charge on any atom is -0.510 e. The molecule has 1 aromatic carbocycles.